The second kappa shape index (κ2) is 10.3. The summed E-state index contributed by atoms with van der Waals surface area (Å²) >= 11 is 12.4. The molecule has 0 aliphatic carbocycles. The van der Waals surface area contributed by atoms with Gasteiger partial charge in [0, 0.05) is 25.0 Å². The molecular weight excluding hydrogens is 456 g/mol. The smallest absolute Gasteiger partial charge is 0.266 e. The Kier molecular flexibility index (Phi) is 7.72. The molecule has 31 heavy (non-hydrogen) atoms. The molecule has 2 amide bonds. The van der Waals surface area contributed by atoms with Crippen LogP contribution in [0.1, 0.15) is 23.7 Å². The quantitative estimate of drug-likeness (QED) is 0.467. The number of amides is 2. The van der Waals surface area contributed by atoms with Crippen LogP contribution in [0.25, 0.3) is 6.08 Å². The number of aromatic hydroxyl groups is 1. The highest BCUT2D eigenvalue weighted by Gasteiger charge is 2.32. The maximum atomic E-state index is 12.7. The van der Waals surface area contributed by atoms with Crippen LogP contribution in [-0.2, 0) is 9.59 Å². The largest absolute Gasteiger partial charge is 0.508 e. The van der Waals surface area contributed by atoms with Gasteiger partial charge in [-0.2, -0.15) is 0 Å². The number of aliphatic hydroxyl groups is 1. The number of phenols is 1. The van der Waals surface area contributed by atoms with E-state index < -0.39 is 6.10 Å². The average molecular weight is 477 g/mol. The molecule has 1 unspecified atom stereocenters. The molecule has 1 saturated heterocycles. The molecule has 6 nitrogen and oxygen atoms in total. The zero-order chi connectivity index (χ0) is 22.5. The molecule has 0 saturated carbocycles. The number of likely N-dealkylation sites (N-methyl/N-ethyl adjacent to an activating group) is 1. The van der Waals surface area contributed by atoms with Gasteiger partial charge in [-0.05, 0) is 41.5 Å². The average Bonchev–Trinajstić information content (AvgIpc) is 3.00. The molecule has 0 spiro atoms. The van der Waals surface area contributed by atoms with Crippen molar-refractivity contribution >= 4 is 57.8 Å². The fourth-order valence-electron chi connectivity index (χ4n) is 2.96. The topological polar surface area (TPSA) is 81.1 Å². The Balaban J connectivity index is 1.55. The predicted molar refractivity (Wildman–Crippen MR) is 127 cm³/mol. The van der Waals surface area contributed by atoms with E-state index in [2.05, 4.69) is 0 Å². The molecule has 2 aromatic rings. The first kappa shape index (κ1) is 23.3. The van der Waals surface area contributed by atoms with E-state index in [1.165, 1.54) is 33.7 Å². The van der Waals surface area contributed by atoms with Crippen molar-refractivity contribution in [3.05, 3.63) is 69.6 Å². The molecule has 1 aliphatic rings. The molecule has 1 atom stereocenters. The molecule has 2 aromatic carbocycles. The van der Waals surface area contributed by atoms with E-state index in [-0.39, 0.29) is 37.1 Å². The third kappa shape index (κ3) is 6.07. The van der Waals surface area contributed by atoms with Gasteiger partial charge >= 0.3 is 0 Å². The van der Waals surface area contributed by atoms with E-state index in [1.807, 2.05) is 12.1 Å². The molecule has 3 rings (SSSR count). The fraction of sp³-hybridized carbons (Fsp3) is 0.227. The Morgan fingerprint density at radius 3 is 2.52 bits per heavy atom. The van der Waals surface area contributed by atoms with Gasteiger partial charge in [-0.1, -0.05) is 59.8 Å². The number of carbonyl (C=O) groups excluding carboxylic acids is 2. The van der Waals surface area contributed by atoms with Crippen LogP contribution in [0.2, 0.25) is 5.02 Å². The highest BCUT2D eigenvalue weighted by atomic mass is 35.5. The summed E-state index contributed by atoms with van der Waals surface area (Å²) in [4.78, 5) is 28.5. The molecule has 162 valence electrons. The number of phenolic OH excluding ortho intramolecular Hbond substituents is 1. The molecule has 1 heterocycles. The number of hydrogen-bond acceptors (Lipinski definition) is 6. The fourth-order valence-corrected chi connectivity index (χ4v) is 4.40. The highest BCUT2D eigenvalue weighted by Crippen LogP contribution is 2.32. The van der Waals surface area contributed by atoms with Gasteiger partial charge in [0.05, 0.1) is 17.6 Å². The second-order valence-corrected chi connectivity index (χ2v) is 9.13. The van der Waals surface area contributed by atoms with Crippen molar-refractivity contribution in [2.45, 2.75) is 12.5 Å². The van der Waals surface area contributed by atoms with Crippen LogP contribution in [0, 0.1) is 0 Å². The van der Waals surface area contributed by atoms with E-state index in [1.54, 1.807) is 37.4 Å². The summed E-state index contributed by atoms with van der Waals surface area (Å²) in [6.45, 7) is 0.263. The molecule has 9 heteroatoms. The van der Waals surface area contributed by atoms with E-state index in [9.17, 15) is 19.8 Å². The van der Waals surface area contributed by atoms with Gasteiger partial charge in [-0.25, -0.2) is 0 Å². The number of thioether (sulfide) groups is 1. The molecule has 2 N–H and O–H groups in total. The zero-order valence-corrected chi connectivity index (χ0v) is 19.1. The maximum Gasteiger partial charge on any atom is 0.266 e. The third-order valence-corrected chi connectivity index (χ3v) is 6.37. The lowest BCUT2D eigenvalue weighted by molar-refractivity contribution is -0.131. The minimum absolute atomic E-state index is 0.0828. The van der Waals surface area contributed by atoms with Crippen molar-refractivity contribution in [2.24, 2.45) is 0 Å². The third-order valence-electron chi connectivity index (χ3n) is 4.74. The van der Waals surface area contributed by atoms with Crippen LogP contribution in [0.15, 0.2) is 53.4 Å². The SMILES string of the molecule is CN(CC(O)c1ccc(O)cc1)C(=O)CCN1C(=O)/C(=C/c2ccc(Cl)cc2)SC1=S. The van der Waals surface area contributed by atoms with Crippen molar-refractivity contribution in [3.8, 4) is 5.75 Å². The number of halogens is 1. The molecular formula is C22H21ClN2O4S2. The summed E-state index contributed by atoms with van der Waals surface area (Å²) in [6, 6.07) is 13.3. The number of nitrogens with zero attached hydrogens (tertiary/aromatic N) is 2. The zero-order valence-electron chi connectivity index (χ0n) is 16.7. The van der Waals surface area contributed by atoms with E-state index >= 15 is 0 Å². The summed E-state index contributed by atoms with van der Waals surface area (Å²) in [6.07, 6.45) is 0.949. The monoisotopic (exact) mass is 476 g/mol. The predicted octanol–water partition coefficient (Wildman–Crippen LogP) is 3.83. The normalized spacial score (nSPS) is 16.1. The van der Waals surface area contributed by atoms with Crippen molar-refractivity contribution < 1.29 is 19.8 Å². The molecule has 1 fully saturated rings. The standard InChI is InChI=1S/C22H21ClN2O4S2/c1-24(13-18(27)15-4-8-17(26)9-5-15)20(28)10-11-25-21(29)19(31-22(25)30)12-14-2-6-16(23)7-3-14/h2-9,12,18,26-27H,10-11,13H2,1H3/b19-12-. The minimum atomic E-state index is -0.881. The maximum absolute atomic E-state index is 12.7. The molecule has 0 radical (unpaired) electrons. The van der Waals surface area contributed by atoms with Gasteiger partial charge in [0.15, 0.2) is 0 Å². The molecule has 0 aromatic heterocycles. The first-order valence-electron chi connectivity index (χ1n) is 9.46. The van der Waals surface area contributed by atoms with Crippen LogP contribution in [0.5, 0.6) is 5.75 Å². The van der Waals surface area contributed by atoms with Crippen LogP contribution in [0.4, 0.5) is 0 Å². The Hall–Kier alpha value is -2.39. The second-order valence-electron chi connectivity index (χ2n) is 7.02. The number of aliphatic hydroxyl groups excluding tert-OH is 1. The number of thiocarbonyl (C=S) groups is 1. The van der Waals surface area contributed by atoms with Gasteiger partial charge in [-0.3, -0.25) is 14.5 Å². The van der Waals surface area contributed by atoms with Gasteiger partial charge in [0.2, 0.25) is 5.91 Å². The van der Waals surface area contributed by atoms with Gasteiger partial charge in [0.1, 0.15) is 10.1 Å². The summed E-state index contributed by atoms with van der Waals surface area (Å²) in [7, 11) is 1.59. The van der Waals surface area contributed by atoms with Crippen molar-refractivity contribution in [2.75, 3.05) is 20.1 Å². The van der Waals surface area contributed by atoms with Crippen LogP contribution in [-0.4, -0.2) is 56.3 Å². The Labute approximate surface area is 195 Å². The Bertz CT molecular complexity index is 1010. The van der Waals surface area contributed by atoms with E-state index in [0.29, 0.717) is 19.8 Å². The minimum Gasteiger partial charge on any atom is -0.508 e. The lowest BCUT2D eigenvalue weighted by Crippen LogP contribution is -2.36. The number of benzene rings is 2. The lowest BCUT2D eigenvalue weighted by Gasteiger charge is -2.22. The van der Waals surface area contributed by atoms with E-state index in [4.69, 9.17) is 23.8 Å². The molecule has 0 bridgehead atoms. The summed E-state index contributed by atoms with van der Waals surface area (Å²) in [5.41, 5.74) is 1.44. The van der Waals surface area contributed by atoms with Gasteiger partial charge in [0.25, 0.3) is 5.91 Å². The van der Waals surface area contributed by atoms with Crippen molar-refractivity contribution in [3.63, 3.8) is 0 Å². The molecule has 1 aliphatic heterocycles. The Morgan fingerprint density at radius 2 is 1.87 bits per heavy atom. The highest BCUT2D eigenvalue weighted by molar-refractivity contribution is 8.26. The van der Waals surface area contributed by atoms with Crippen LogP contribution in [0.3, 0.4) is 0 Å². The number of rotatable bonds is 7. The number of carbonyl (C=O) groups is 2. The van der Waals surface area contributed by atoms with Gasteiger partial charge in [-0.15, -0.1) is 0 Å². The summed E-state index contributed by atoms with van der Waals surface area (Å²) in [5, 5.41) is 20.3. The summed E-state index contributed by atoms with van der Waals surface area (Å²) < 4.78 is 0.407. The first-order valence-corrected chi connectivity index (χ1v) is 11.1. The van der Waals surface area contributed by atoms with Crippen molar-refractivity contribution in [1.29, 1.82) is 0 Å². The first-order chi connectivity index (χ1) is 14.7. The van der Waals surface area contributed by atoms with Crippen LogP contribution >= 0.6 is 35.6 Å². The van der Waals surface area contributed by atoms with Crippen molar-refractivity contribution in [1.82, 2.24) is 9.80 Å². The summed E-state index contributed by atoms with van der Waals surface area (Å²) in [5.74, 6) is -0.341. The number of hydrogen-bond donors (Lipinski definition) is 2. The van der Waals surface area contributed by atoms with E-state index in [0.717, 1.165) is 5.56 Å². The Morgan fingerprint density at radius 1 is 1.23 bits per heavy atom. The lowest BCUT2D eigenvalue weighted by atomic mass is 10.1. The van der Waals surface area contributed by atoms with Gasteiger partial charge < -0.3 is 15.1 Å². The van der Waals surface area contributed by atoms with Crippen LogP contribution < -0.4 is 0 Å².